The largest absolute Gasteiger partial charge is 0.468 e. The first-order chi connectivity index (χ1) is 7.77. The smallest absolute Gasteiger partial charge is 0.315 e. The van der Waals surface area contributed by atoms with Crippen LogP contribution in [0.25, 0.3) is 0 Å². The van der Waals surface area contributed by atoms with Crippen molar-refractivity contribution in [1.82, 2.24) is 0 Å². The zero-order chi connectivity index (χ0) is 12.9. The quantitative estimate of drug-likeness (QED) is 0.754. The predicted octanol–water partition coefficient (Wildman–Crippen LogP) is 2.52. The lowest BCUT2D eigenvalue weighted by molar-refractivity contribution is -0.168. The molecule has 2 aliphatic rings. The van der Waals surface area contributed by atoms with Gasteiger partial charge in [0, 0.05) is 0 Å². The number of ether oxygens (including phenoxy) is 1. The van der Waals surface area contributed by atoms with Gasteiger partial charge in [-0.3, -0.25) is 4.79 Å². The van der Waals surface area contributed by atoms with Gasteiger partial charge in [0.2, 0.25) is 0 Å². The number of carbonyl (C=O) groups excluding carboxylic acids is 1. The highest BCUT2D eigenvalue weighted by atomic mass is 16.5. The lowest BCUT2D eigenvalue weighted by Crippen LogP contribution is -2.51. The summed E-state index contributed by atoms with van der Waals surface area (Å²) in [5, 5.41) is 11.0. The van der Waals surface area contributed by atoms with E-state index in [1.54, 1.807) is 0 Å². The normalized spacial score (nSPS) is 44.2. The Labute approximate surface area is 104 Å². The van der Waals surface area contributed by atoms with Crippen molar-refractivity contribution in [2.45, 2.75) is 58.5 Å². The molecule has 0 aromatic rings. The number of hydrogen-bond acceptors (Lipinski definition) is 3. The Balaban J connectivity index is 2.28. The van der Waals surface area contributed by atoms with Crippen molar-refractivity contribution in [2.24, 2.45) is 16.7 Å². The van der Waals surface area contributed by atoms with Gasteiger partial charge in [-0.15, -0.1) is 0 Å². The second kappa shape index (κ2) is 3.71. The van der Waals surface area contributed by atoms with Gasteiger partial charge in [0.1, 0.15) is 0 Å². The maximum Gasteiger partial charge on any atom is 0.315 e. The SMILES string of the molecule is COC(=O)C1(C2(O)CCCC(C)(C)C2)CC1C. The maximum atomic E-state index is 12.0. The van der Waals surface area contributed by atoms with Crippen molar-refractivity contribution >= 4 is 5.97 Å². The van der Waals surface area contributed by atoms with Crippen molar-refractivity contribution < 1.29 is 14.6 Å². The highest BCUT2D eigenvalue weighted by Gasteiger charge is 2.70. The van der Waals surface area contributed by atoms with Crippen LogP contribution < -0.4 is 0 Å². The van der Waals surface area contributed by atoms with Crippen LogP contribution in [0, 0.1) is 16.7 Å². The van der Waals surface area contributed by atoms with Gasteiger partial charge in [-0.1, -0.05) is 27.2 Å². The predicted molar refractivity (Wildman–Crippen MR) is 65.4 cm³/mol. The van der Waals surface area contributed by atoms with Gasteiger partial charge >= 0.3 is 5.97 Å². The summed E-state index contributed by atoms with van der Waals surface area (Å²) >= 11 is 0. The van der Waals surface area contributed by atoms with Crippen LogP contribution in [0.5, 0.6) is 0 Å². The molecule has 0 radical (unpaired) electrons. The highest BCUT2D eigenvalue weighted by molar-refractivity contribution is 5.82. The summed E-state index contributed by atoms with van der Waals surface area (Å²) in [6, 6.07) is 0. The number of rotatable bonds is 2. The first kappa shape index (κ1) is 12.9. The second-order valence-electron chi connectivity index (χ2n) is 6.79. The van der Waals surface area contributed by atoms with Crippen molar-refractivity contribution in [3.8, 4) is 0 Å². The minimum absolute atomic E-state index is 0.121. The summed E-state index contributed by atoms with van der Waals surface area (Å²) in [5.74, 6) is 0.0269. The van der Waals surface area contributed by atoms with Crippen LogP contribution in [0.4, 0.5) is 0 Å². The number of esters is 1. The minimum Gasteiger partial charge on any atom is -0.468 e. The minimum atomic E-state index is -0.860. The molecule has 0 spiro atoms. The molecule has 2 saturated carbocycles. The second-order valence-corrected chi connectivity index (χ2v) is 6.79. The number of carbonyl (C=O) groups is 1. The van der Waals surface area contributed by atoms with Gasteiger partial charge in [-0.2, -0.15) is 0 Å². The Morgan fingerprint density at radius 3 is 2.35 bits per heavy atom. The fourth-order valence-electron chi connectivity index (χ4n) is 3.94. The molecule has 2 aliphatic carbocycles. The molecule has 0 aromatic carbocycles. The zero-order valence-corrected chi connectivity index (χ0v) is 11.4. The Kier molecular flexibility index (Phi) is 2.81. The topological polar surface area (TPSA) is 46.5 Å². The van der Waals surface area contributed by atoms with E-state index < -0.39 is 11.0 Å². The molecule has 1 N–H and O–H groups in total. The average Bonchev–Trinajstić information content (AvgIpc) is 2.89. The van der Waals surface area contributed by atoms with Crippen LogP contribution in [0.2, 0.25) is 0 Å². The van der Waals surface area contributed by atoms with E-state index in [9.17, 15) is 9.90 Å². The molecule has 98 valence electrons. The molecule has 3 heteroatoms. The molecule has 3 nitrogen and oxygen atoms in total. The van der Waals surface area contributed by atoms with Crippen LogP contribution in [0.3, 0.4) is 0 Å². The number of methoxy groups -OCH3 is 1. The van der Waals surface area contributed by atoms with Gasteiger partial charge < -0.3 is 9.84 Å². The maximum absolute atomic E-state index is 12.0. The molecule has 2 rings (SSSR count). The van der Waals surface area contributed by atoms with Gasteiger partial charge in [0.05, 0.1) is 18.1 Å². The van der Waals surface area contributed by atoms with Gasteiger partial charge in [-0.25, -0.2) is 0 Å². The monoisotopic (exact) mass is 240 g/mol. The summed E-state index contributed by atoms with van der Waals surface area (Å²) in [4.78, 5) is 12.0. The Morgan fingerprint density at radius 2 is 1.94 bits per heavy atom. The van der Waals surface area contributed by atoms with Crippen molar-refractivity contribution in [1.29, 1.82) is 0 Å². The van der Waals surface area contributed by atoms with Crippen molar-refractivity contribution in [3.63, 3.8) is 0 Å². The van der Waals surface area contributed by atoms with E-state index in [1.807, 2.05) is 6.92 Å². The first-order valence-electron chi connectivity index (χ1n) is 6.58. The Hall–Kier alpha value is -0.570. The molecule has 3 atom stereocenters. The van der Waals surface area contributed by atoms with E-state index in [0.717, 1.165) is 25.7 Å². The molecule has 3 unspecified atom stereocenters. The Bertz CT molecular complexity index is 336. The van der Waals surface area contributed by atoms with E-state index in [1.165, 1.54) is 7.11 Å². The zero-order valence-electron chi connectivity index (χ0n) is 11.4. The summed E-state index contributed by atoms with van der Waals surface area (Å²) < 4.78 is 4.94. The van der Waals surface area contributed by atoms with Crippen LogP contribution in [-0.2, 0) is 9.53 Å². The summed E-state index contributed by atoms with van der Waals surface area (Å²) in [7, 11) is 1.42. The molecule has 2 fully saturated rings. The summed E-state index contributed by atoms with van der Waals surface area (Å²) in [6.07, 6.45) is 4.33. The number of hydrogen-bond donors (Lipinski definition) is 1. The van der Waals surface area contributed by atoms with Crippen LogP contribution >= 0.6 is 0 Å². The lowest BCUT2D eigenvalue weighted by Gasteiger charge is -2.45. The van der Waals surface area contributed by atoms with Crippen molar-refractivity contribution in [3.05, 3.63) is 0 Å². The molecule has 0 amide bonds. The van der Waals surface area contributed by atoms with E-state index in [-0.39, 0.29) is 17.3 Å². The van der Waals surface area contributed by atoms with Gasteiger partial charge in [0.15, 0.2) is 0 Å². The van der Waals surface area contributed by atoms with E-state index in [4.69, 9.17) is 4.74 Å². The van der Waals surface area contributed by atoms with Crippen LogP contribution in [0.1, 0.15) is 52.9 Å². The lowest BCUT2D eigenvalue weighted by atomic mass is 9.63. The Morgan fingerprint density at radius 1 is 1.35 bits per heavy atom. The fraction of sp³-hybridized carbons (Fsp3) is 0.929. The standard InChI is InChI=1S/C14H24O3/c1-10-8-14(10,11(15)17-4)13(16)7-5-6-12(2,3)9-13/h10,16H,5-9H2,1-4H3. The molecule has 0 saturated heterocycles. The molecular weight excluding hydrogens is 216 g/mol. The first-order valence-corrected chi connectivity index (χ1v) is 6.58. The van der Waals surface area contributed by atoms with Crippen LogP contribution in [-0.4, -0.2) is 23.8 Å². The average molecular weight is 240 g/mol. The van der Waals surface area contributed by atoms with E-state index in [2.05, 4.69) is 13.8 Å². The summed E-state index contributed by atoms with van der Waals surface area (Å²) in [6.45, 7) is 6.39. The highest BCUT2D eigenvalue weighted by Crippen LogP contribution is 2.65. The molecule has 0 bridgehead atoms. The van der Waals surface area contributed by atoms with E-state index in [0.29, 0.717) is 6.42 Å². The third-order valence-corrected chi connectivity index (χ3v) is 4.90. The van der Waals surface area contributed by atoms with E-state index >= 15 is 0 Å². The molecule has 17 heavy (non-hydrogen) atoms. The molecular formula is C14H24O3. The van der Waals surface area contributed by atoms with Crippen LogP contribution in [0.15, 0.2) is 0 Å². The third-order valence-electron chi connectivity index (χ3n) is 4.90. The fourth-order valence-corrected chi connectivity index (χ4v) is 3.94. The van der Waals surface area contributed by atoms with Gasteiger partial charge in [-0.05, 0) is 37.0 Å². The van der Waals surface area contributed by atoms with Gasteiger partial charge in [0.25, 0.3) is 0 Å². The molecule has 0 heterocycles. The summed E-state index contributed by atoms with van der Waals surface area (Å²) in [5.41, 5.74) is -1.36. The molecule has 0 aliphatic heterocycles. The molecule has 0 aromatic heterocycles. The third kappa shape index (κ3) is 1.79. The van der Waals surface area contributed by atoms with Crippen molar-refractivity contribution in [2.75, 3.05) is 7.11 Å². The number of aliphatic hydroxyl groups is 1.